The highest BCUT2D eigenvalue weighted by Crippen LogP contribution is 2.53. The van der Waals surface area contributed by atoms with Crippen LogP contribution in [-0.2, 0) is 9.53 Å². The first kappa shape index (κ1) is 19.9. The van der Waals surface area contributed by atoms with Gasteiger partial charge in [0.05, 0.1) is 12.5 Å². The molecular formula is C24H32O2Si. The third-order valence-corrected chi connectivity index (χ3v) is 13.2. The molecule has 0 spiro atoms. The summed E-state index contributed by atoms with van der Waals surface area (Å²) < 4.78 is 5.18. The van der Waals surface area contributed by atoms with Gasteiger partial charge in [0.25, 0.3) is 0 Å². The van der Waals surface area contributed by atoms with Crippen molar-refractivity contribution in [2.45, 2.75) is 51.6 Å². The van der Waals surface area contributed by atoms with Crippen molar-refractivity contribution in [2.24, 2.45) is 11.3 Å². The summed E-state index contributed by atoms with van der Waals surface area (Å²) >= 11 is 0. The maximum absolute atomic E-state index is 12.5. The second kappa shape index (κ2) is 7.27. The molecule has 1 saturated carbocycles. The standard InChI is InChI=1S/C24H32O2Si/c1-23(2,3)27(20-12-8-6-9-13-20,21-14-10-7-11-15-21)18-19-16-17-24(19,4)22(25)26-5/h6-15,19H,16-18H2,1-5H3/t19-,24+/m1/s1. The molecule has 0 heterocycles. The van der Waals surface area contributed by atoms with E-state index in [0.29, 0.717) is 5.92 Å². The molecule has 1 fully saturated rings. The second-order valence-electron chi connectivity index (χ2n) is 9.24. The summed E-state index contributed by atoms with van der Waals surface area (Å²) in [6.07, 6.45) is 2.04. The molecule has 144 valence electrons. The van der Waals surface area contributed by atoms with Crippen LogP contribution in [0.5, 0.6) is 0 Å². The van der Waals surface area contributed by atoms with Gasteiger partial charge in [-0.05, 0) is 36.8 Å². The molecule has 0 bridgehead atoms. The van der Waals surface area contributed by atoms with Gasteiger partial charge in [-0.1, -0.05) is 91.8 Å². The Hall–Kier alpha value is -1.87. The van der Waals surface area contributed by atoms with Crippen molar-refractivity contribution in [1.82, 2.24) is 0 Å². The molecule has 3 heteroatoms. The average Bonchev–Trinajstić information content (AvgIpc) is 2.67. The van der Waals surface area contributed by atoms with Crippen molar-refractivity contribution in [3.63, 3.8) is 0 Å². The first-order chi connectivity index (χ1) is 12.8. The van der Waals surface area contributed by atoms with Crippen molar-refractivity contribution in [3.05, 3.63) is 60.7 Å². The predicted molar refractivity (Wildman–Crippen MR) is 115 cm³/mol. The Morgan fingerprint density at radius 1 is 1.04 bits per heavy atom. The van der Waals surface area contributed by atoms with Gasteiger partial charge in [-0.25, -0.2) is 0 Å². The van der Waals surface area contributed by atoms with E-state index >= 15 is 0 Å². The van der Waals surface area contributed by atoms with Crippen molar-refractivity contribution in [3.8, 4) is 0 Å². The summed E-state index contributed by atoms with van der Waals surface area (Å²) in [4.78, 5) is 12.5. The van der Waals surface area contributed by atoms with Crippen LogP contribution in [0.15, 0.2) is 60.7 Å². The lowest BCUT2D eigenvalue weighted by Crippen LogP contribution is -2.66. The zero-order chi connectivity index (χ0) is 19.7. The van der Waals surface area contributed by atoms with E-state index in [1.54, 1.807) is 0 Å². The summed E-state index contributed by atoms with van der Waals surface area (Å²) in [6, 6.07) is 23.1. The predicted octanol–water partition coefficient (Wildman–Crippen LogP) is 4.64. The van der Waals surface area contributed by atoms with Crippen LogP contribution in [-0.4, -0.2) is 21.2 Å². The minimum absolute atomic E-state index is 0.0447. The number of benzene rings is 2. The van der Waals surface area contributed by atoms with Crippen LogP contribution in [0, 0.1) is 11.3 Å². The third kappa shape index (κ3) is 3.27. The van der Waals surface area contributed by atoms with Crippen LogP contribution in [0.25, 0.3) is 0 Å². The Bertz CT molecular complexity index is 740. The van der Waals surface area contributed by atoms with Gasteiger partial charge >= 0.3 is 5.97 Å². The Kier molecular flexibility index (Phi) is 5.35. The number of ether oxygens (including phenoxy) is 1. The first-order valence-corrected chi connectivity index (χ1v) is 12.2. The number of esters is 1. The molecular weight excluding hydrogens is 348 g/mol. The average molecular weight is 381 g/mol. The van der Waals surface area contributed by atoms with Crippen molar-refractivity contribution in [1.29, 1.82) is 0 Å². The second-order valence-corrected chi connectivity index (χ2v) is 14.1. The Balaban J connectivity index is 2.15. The van der Waals surface area contributed by atoms with Gasteiger partial charge in [-0.15, -0.1) is 0 Å². The lowest BCUT2D eigenvalue weighted by molar-refractivity contribution is -0.162. The zero-order valence-electron chi connectivity index (χ0n) is 17.3. The minimum atomic E-state index is -2.14. The van der Waals surface area contributed by atoms with Crippen LogP contribution < -0.4 is 10.4 Å². The fourth-order valence-electron chi connectivity index (χ4n) is 5.00. The lowest BCUT2D eigenvalue weighted by Gasteiger charge is -2.52. The van der Waals surface area contributed by atoms with Crippen molar-refractivity contribution < 1.29 is 9.53 Å². The molecule has 0 N–H and O–H groups in total. The molecule has 0 aromatic heterocycles. The quantitative estimate of drug-likeness (QED) is 0.558. The topological polar surface area (TPSA) is 26.3 Å². The monoisotopic (exact) mass is 380 g/mol. The van der Waals surface area contributed by atoms with Crippen molar-refractivity contribution in [2.75, 3.05) is 7.11 Å². The molecule has 0 unspecified atom stereocenters. The Labute approximate surface area is 165 Å². The summed E-state index contributed by atoms with van der Waals surface area (Å²) in [5.41, 5.74) is -0.345. The molecule has 3 rings (SSSR count). The SMILES string of the molecule is COC(=O)[C@@]1(C)CC[C@@H]1C[Si](c1ccccc1)(c1ccccc1)C(C)(C)C. The van der Waals surface area contributed by atoms with E-state index < -0.39 is 8.07 Å². The molecule has 0 amide bonds. The smallest absolute Gasteiger partial charge is 0.311 e. The van der Waals surface area contributed by atoms with E-state index in [4.69, 9.17) is 4.74 Å². The molecule has 1 aliphatic rings. The third-order valence-electron chi connectivity index (χ3n) is 6.93. The molecule has 0 saturated heterocycles. The molecule has 2 nitrogen and oxygen atoms in total. The summed E-state index contributed by atoms with van der Waals surface area (Å²) in [5.74, 6) is 0.327. The molecule has 2 aromatic rings. The van der Waals surface area contributed by atoms with Gasteiger partial charge in [0.1, 0.15) is 8.07 Å². The van der Waals surface area contributed by atoms with Crippen LogP contribution >= 0.6 is 0 Å². The Morgan fingerprint density at radius 3 is 1.85 bits per heavy atom. The summed E-state index contributed by atoms with van der Waals surface area (Å²) in [7, 11) is -0.618. The summed E-state index contributed by atoms with van der Waals surface area (Å²) in [6.45, 7) is 9.25. The van der Waals surface area contributed by atoms with Gasteiger partial charge in [0.2, 0.25) is 0 Å². The summed E-state index contributed by atoms with van der Waals surface area (Å²) in [5, 5.41) is 3.05. The number of carbonyl (C=O) groups is 1. The largest absolute Gasteiger partial charge is 0.469 e. The van der Waals surface area contributed by atoms with Gasteiger partial charge in [-0.3, -0.25) is 4.79 Å². The zero-order valence-corrected chi connectivity index (χ0v) is 18.3. The lowest BCUT2D eigenvalue weighted by atomic mass is 9.62. The molecule has 0 radical (unpaired) electrons. The van der Waals surface area contributed by atoms with Gasteiger partial charge < -0.3 is 4.74 Å². The van der Waals surface area contributed by atoms with E-state index in [1.807, 2.05) is 0 Å². The van der Waals surface area contributed by atoms with Crippen LogP contribution in [0.3, 0.4) is 0 Å². The first-order valence-electron chi connectivity index (χ1n) is 9.95. The van der Waals surface area contributed by atoms with Crippen LogP contribution in [0.4, 0.5) is 0 Å². The number of hydrogen-bond acceptors (Lipinski definition) is 2. The maximum atomic E-state index is 12.5. The fourth-order valence-corrected chi connectivity index (χ4v) is 11.1. The Morgan fingerprint density at radius 2 is 1.52 bits per heavy atom. The highest BCUT2D eigenvalue weighted by Gasteiger charge is 2.56. The van der Waals surface area contributed by atoms with Gasteiger partial charge in [0.15, 0.2) is 0 Å². The minimum Gasteiger partial charge on any atom is -0.469 e. The van der Waals surface area contributed by atoms with Crippen LogP contribution in [0.2, 0.25) is 11.1 Å². The van der Waals surface area contributed by atoms with Gasteiger partial charge in [0, 0.05) is 0 Å². The fraction of sp³-hybridized carbons (Fsp3) is 0.458. The molecule has 1 aliphatic carbocycles. The van der Waals surface area contributed by atoms with Crippen molar-refractivity contribution >= 4 is 24.4 Å². The highest BCUT2D eigenvalue weighted by atomic mass is 28.3. The normalized spacial score (nSPS) is 22.8. The maximum Gasteiger partial charge on any atom is 0.311 e. The highest BCUT2D eigenvalue weighted by molar-refractivity contribution is 7.04. The van der Waals surface area contributed by atoms with E-state index in [-0.39, 0.29) is 16.4 Å². The molecule has 2 aromatic carbocycles. The van der Waals surface area contributed by atoms with Crippen LogP contribution in [0.1, 0.15) is 40.5 Å². The number of rotatable bonds is 5. The van der Waals surface area contributed by atoms with E-state index in [0.717, 1.165) is 18.9 Å². The van der Waals surface area contributed by atoms with E-state index in [2.05, 4.69) is 88.4 Å². The molecule has 0 aliphatic heterocycles. The van der Waals surface area contributed by atoms with E-state index in [9.17, 15) is 4.79 Å². The molecule has 2 atom stereocenters. The number of hydrogen-bond donors (Lipinski definition) is 0. The number of methoxy groups -OCH3 is 1. The van der Waals surface area contributed by atoms with Gasteiger partial charge in [-0.2, -0.15) is 0 Å². The van der Waals surface area contributed by atoms with E-state index in [1.165, 1.54) is 17.5 Å². The number of carbonyl (C=O) groups excluding carboxylic acids is 1. The molecule has 27 heavy (non-hydrogen) atoms.